The summed E-state index contributed by atoms with van der Waals surface area (Å²) in [5.74, 6) is 0.0137. The van der Waals surface area contributed by atoms with Crippen LogP contribution in [0.5, 0.6) is 0 Å². The van der Waals surface area contributed by atoms with Crippen molar-refractivity contribution in [1.82, 2.24) is 24.5 Å². The van der Waals surface area contributed by atoms with Crippen LogP contribution < -0.4 is 0 Å². The highest BCUT2D eigenvalue weighted by Crippen LogP contribution is 2.19. The average molecular weight is 354 g/mol. The highest BCUT2D eigenvalue weighted by Gasteiger charge is 2.22. The summed E-state index contributed by atoms with van der Waals surface area (Å²) in [6, 6.07) is 1.60. The molecule has 2 aromatic rings. The Labute approximate surface area is 132 Å². The SMILES string of the molecule is CCn1ccc(CN(C)C(=O)C(C)n2ncc(Br)c2C)n1. The van der Waals surface area contributed by atoms with Crippen LogP contribution in [0.1, 0.15) is 31.3 Å². The van der Waals surface area contributed by atoms with Gasteiger partial charge in [0.15, 0.2) is 0 Å². The average Bonchev–Trinajstić information content (AvgIpc) is 3.05. The van der Waals surface area contributed by atoms with E-state index in [4.69, 9.17) is 0 Å². The third kappa shape index (κ3) is 3.34. The molecule has 7 heteroatoms. The zero-order valence-corrected chi connectivity index (χ0v) is 14.3. The van der Waals surface area contributed by atoms with E-state index in [2.05, 4.69) is 26.1 Å². The number of nitrogens with zero attached hydrogens (tertiary/aromatic N) is 5. The van der Waals surface area contributed by atoms with Crippen molar-refractivity contribution < 1.29 is 4.79 Å². The number of rotatable bonds is 5. The number of aromatic nitrogens is 4. The molecule has 0 N–H and O–H groups in total. The quantitative estimate of drug-likeness (QED) is 0.829. The molecule has 0 spiro atoms. The molecule has 1 amide bonds. The molecule has 0 saturated carbocycles. The molecule has 0 aliphatic carbocycles. The van der Waals surface area contributed by atoms with E-state index in [1.807, 2.05) is 37.7 Å². The molecule has 1 unspecified atom stereocenters. The lowest BCUT2D eigenvalue weighted by Crippen LogP contribution is -2.33. The Bertz CT molecular complexity index is 633. The second-order valence-corrected chi connectivity index (χ2v) is 5.91. The Morgan fingerprint density at radius 1 is 1.52 bits per heavy atom. The molecule has 114 valence electrons. The fourth-order valence-electron chi connectivity index (χ4n) is 2.20. The number of hydrogen-bond donors (Lipinski definition) is 0. The van der Waals surface area contributed by atoms with Crippen LogP contribution >= 0.6 is 15.9 Å². The Hall–Kier alpha value is -1.63. The predicted octanol–water partition coefficient (Wildman–Crippen LogP) is 2.39. The van der Waals surface area contributed by atoms with Gasteiger partial charge in [-0.05, 0) is 42.8 Å². The van der Waals surface area contributed by atoms with E-state index in [-0.39, 0.29) is 11.9 Å². The van der Waals surface area contributed by atoms with Gasteiger partial charge >= 0.3 is 0 Å². The molecule has 1 atom stereocenters. The molecule has 0 saturated heterocycles. The summed E-state index contributed by atoms with van der Waals surface area (Å²) in [7, 11) is 1.79. The van der Waals surface area contributed by atoms with Gasteiger partial charge in [-0.25, -0.2) is 0 Å². The van der Waals surface area contributed by atoms with Crippen molar-refractivity contribution in [2.24, 2.45) is 0 Å². The summed E-state index contributed by atoms with van der Waals surface area (Å²) in [6.07, 6.45) is 3.63. The molecule has 2 rings (SSSR count). The summed E-state index contributed by atoms with van der Waals surface area (Å²) in [6.45, 7) is 7.15. The van der Waals surface area contributed by atoms with Crippen LogP contribution in [0.4, 0.5) is 0 Å². The Balaban J connectivity index is 2.06. The minimum Gasteiger partial charge on any atom is -0.338 e. The molecule has 2 aromatic heterocycles. The van der Waals surface area contributed by atoms with Crippen molar-refractivity contribution >= 4 is 21.8 Å². The first kappa shape index (κ1) is 15.8. The number of amides is 1. The van der Waals surface area contributed by atoms with E-state index < -0.39 is 0 Å². The first-order valence-electron chi connectivity index (χ1n) is 6.91. The van der Waals surface area contributed by atoms with Gasteiger partial charge in [0, 0.05) is 19.8 Å². The maximum Gasteiger partial charge on any atom is 0.247 e. The lowest BCUT2D eigenvalue weighted by atomic mass is 10.2. The van der Waals surface area contributed by atoms with Gasteiger partial charge in [-0.3, -0.25) is 14.2 Å². The number of carbonyl (C=O) groups is 1. The third-order valence-electron chi connectivity index (χ3n) is 3.50. The lowest BCUT2D eigenvalue weighted by molar-refractivity contribution is -0.133. The van der Waals surface area contributed by atoms with E-state index in [9.17, 15) is 4.79 Å². The lowest BCUT2D eigenvalue weighted by Gasteiger charge is -2.21. The zero-order valence-electron chi connectivity index (χ0n) is 12.7. The van der Waals surface area contributed by atoms with Crippen molar-refractivity contribution in [2.45, 2.75) is 39.9 Å². The highest BCUT2D eigenvalue weighted by molar-refractivity contribution is 9.10. The van der Waals surface area contributed by atoms with E-state index in [0.717, 1.165) is 22.4 Å². The molecule has 2 heterocycles. The van der Waals surface area contributed by atoms with E-state index in [1.165, 1.54) is 0 Å². The molecule has 21 heavy (non-hydrogen) atoms. The number of aryl methyl sites for hydroxylation is 1. The first-order valence-corrected chi connectivity index (χ1v) is 7.70. The van der Waals surface area contributed by atoms with Gasteiger partial charge in [0.1, 0.15) is 6.04 Å². The van der Waals surface area contributed by atoms with Crippen LogP contribution in [-0.4, -0.2) is 37.4 Å². The fourth-order valence-corrected chi connectivity index (χ4v) is 2.47. The summed E-state index contributed by atoms with van der Waals surface area (Å²) in [4.78, 5) is 14.2. The predicted molar refractivity (Wildman–Crippen MR) is 83.8 cm³/mol. The van der Waals surface area contributed by atoms with Gasteiger partial charge in [0.05, 0.1) is 28.6 Å². The van der Waals surface area contributed by atoms with Crippen molar-refractivity contribution in [3.63, 3.8) is 0 Å². The van der Waals surface area contributed by atoms with Gasteiger partial charge in [0.25, 0.3) is 0 Å². The molecule has 0 fully saturated rings. The third-order valence-corrected chi connectivity index (χ3v) is 4.28. The smallest absolute Gasteiger partial charge is 0.247 e. The van der Waals surface area contributed by atoms with Gasteiger partial charge < -0.3 is 4.90 Å². The van der Waals surface area contributed by atoms with Gasteiger partial charge in [-0.1, -0.05) is 0 Å². The van der Waals surface area contributed by atoms with Gasteiger partial charge in [-0.2, -0.15) is 10.2 Å². The summed E-state index contributed by atoms with van der Waals surface area (Å²) < 4.78 is 4.49. The number of likely N-dealkylation sites (N-methyl/N-ethyl adjacent to an activating group) is 1. The van der Waals surface area contributed by atoms with Crippen LogP contribution in [0.2, 0.25) is 0 Å². The molecule has 0 aliphatic rings. The van der Waals surface area contributed by atoms with Crippen LogP contribution in [-0.2, 0) is 17.9 Å². The summed E-state index contributed by atoms with van der Waals surface area (Å²) in [5, 5.41) is 8.64. The Morgan fingerprint density at radius 3 is 2.76 bits per heavy atom. The first-order chi connectivity index (χ1) is 9.93. The van der Waals surface area contributed by atoms with Crippen LogP contribution in [0.25, 0.3) is 0 Å². The number of halogens is 1. The van der Waals surface area contributed by atoms with Crippen molar-refractivity contribution in [3.05, 3.63) is 34.3 Å². The van der Waals surface area contributed by atoms with Crippen LogP contribution in [0, 0.1) is 6.92 Å². The minimum absolute atomic E-state index is 0.0137. The van der Waals surface area contributed by atoms with E-state index in [0.29, 0.717) is 6.54 Å². The maximum absolute atomic E-state index is 12.5. The summed E-state index contributed by atoms with van der Waals surface area (Å²) >= 11 is 3.41. The van der Waals surface area contributed by atoms with Crippen molar-refractivity contribution in [3.8, 4) is 0 Å². The Kier molecular flexibility index (Phi) is 4.82. The molecule has 0 radical (unpaired) electrons. The van der Waals surface area contributed by atoms with Crippen molar-refractivity contribution in [1.29, 1.82) is 0 Å². The second kappa shape index (κ2) is 6.43. The van der Waals surface area contributed by atoms with E-state index in [1.54, 1.807) is 22.8 Å². The molecular formula is C14H20BrN5O. The summed E-state index contributed by atoms with van der Waals surface area (Å²) in [5.41, 5.74) is 1.83. The molecule has 0 aromatic carbocycles. The maximum atomic E-state index is 12.5. The topological polar surface area (TPSA) is 56.0 Å². The number of hydrogen-bond acceptors (Lipinski definition) is 3. The highest BCUT2D eigenvalue weighted by atomic mass is 79.9. The van der Waals surface area contributed by atoms with Gasteiger partial charge in [0.2, 0.25) is 5.91 Å². The van der Waals surface area contributed by atoms with Gasteiger partial charge in [-0.15, -0.1) is 0 Å². The molecule has 6 nitrogen and oxygen atoms in total. The monoisotopic (exact) mass is 353 g/mol. The molecular weight excluding hydrogens is 334 g/mol. The fraction of sp³-hybridized carbons (Fsp3) is 0.500. The van der Waals surface area contributed by atoms with Crippen LogP contribution in [0.15, 0.2) is 22.9 Å². The van der Waals surface area contributed by atoms with Crippen LogP contribution in [0.3, 0.4) is 0 Å². The zero-order chi connectivity index (χ0) is 15.6. The minimum atomic E-state index is -0.338. The molecule has 0 bridgehead atoms. The molecule has 0 aliphatic heterocycles. The normalized spacial score (nSPS) is 12.4. The Morgan fingerprint density at radius 2 is 2.24 bits per heavy atom. The second-order valence-electron chi connectivity index (χ2n) is 5.06. The number of carbonyl (C=O) groups excluding carboxylic acids is 1. The van der Waals surface area contributed by atoms with Crippen molar-refractivity contribution in [2.75, 3.05) is 7.05 Å². The largest absolute Gasteiger partial charge is 0.338 e. The van der Waals surface area contributed by atoms with E-state index >= 15 is 0 Å². The standard InChI is InChI=1S/C14H20BrN5O/c1-5-19-7-6-12(17-19)9-18(4)14(21)11(3)20-10(2)13(15)8-16-20/h6-8,11H,5,9H2,1-4H3.